The molecule has 2 fully saturated rings. The van der Waals surface area contributed by atoms with E-state index in [4.69, 9.17) is 9.47 Å². The summed E-state index contributed by atoms with van der Waals surface area (Å²) in [5.41, 5.74) is 0.265. The van der Waals surface area contributed by atoms with Crippen molar-refractivity contribution in [3.63, 3.8) is 0 Å². The van der Waals surface area contributed by atoms with E-state index in [9.17, 15) is 0 Å². The van der Waals surface area contributed by atoms with Crippen molar-refractivity contribution in [1.82, 2.24) is 4.90 Å². The first-order valence-electron chi connectivity index (χ1n) is 8.72. The third kappa shape index (κ3) is 5.54. The third-order valence-corrected chi connectivity index (χ3v) is 4.63. The van der Waals surface area contributed by atoms with Crippen molar-refractivity contribution in [1.29, 1.82) is 0 Å². The Morgan fingerprint density at radius 2 is 1.33 bits per heavy atom. The number of likely N-dealkylation sites (tertiary alicyclic amines) is 1. The Kier molecular flexibility index (Phi) is 5.38. The summed E-state index contributed by atoms with van der Waals surface area (Å²) in [5.74, 6) is 0. The van der Waals surface area contributed by atoms with E-state index in [2.05, 4.69) is 46.4 Å². The van der Waals surface area contributed by atoms with E-state index in [0.717, 1.165) is 12.8 Å². The summed E-state index contributed by atoms with van der Waals surface area (Å²) in [6, 6.07) is 0. The summed E-state index contributed by atoms with van der Waals surface area (Å²) in [4.78, 5) is 2.58. The number of ether oxygens (including phenoxy) is 2. The normalized spacial score (nSPS) is 30.0. The van der Waals surface area contributed by atoms with Crippen molar-refractivity contribution in [3.8, 4) is 0 Å². The average Bonchev–Trinajstić information content (AvgIpc) is 2.73. The monoisotopic (exact) mass is 297 g/mol. The molecule has 0 bridgehead atoms. The zero-order chi connectivity index (χ0) is 15.7. The van der Waals surface area contributed by atoms with Gasteiger partial charge in [-0.05, 0) is 73.6 Å². The van der Waals surface area contributed by atoms with Crippen LogP contribution in [0.25, 0.3) is 0 Å². The van der Waals surface area contributed by atoms with Gasteiger partial charge in [0.2, 0.25) is 0 Å². The first-order chi connectivity index (χ1) is 9.63. The minimum atomic E-state index is -0.0302. The van der Waals surface area contributed by atoms with Crippen LogP contribution < -0.4 is 0 Å². The predicted molar refractivity (Wildman–Crippen MR) is 87.7 cm³/mol. The van der Waals surface area contributed by atoms with Crippen LogP contribution in [-0.2, 0) is 9.47 Å². The summed E-state index contributed by atoms with van der Waals surface area (Å²) in [6.07, 6.45) is 7.03. The molecule has 124 valence electrons. The molecule has 1 aliphatic heterocycles. The Labute approximate surface area is 131 Å². The Hall–Kier alpha value is -0.120. The summed E-state index contributed by atoms with van der Waals surface area (Å²) in [7, 11) is 0. The standard InChI is InChI=1S/C18H35NO2/c1-17(2,3)19-11-9-14(10-12-19)20-15-7-8-16(13-15)21-18(4,5)6/h14-16H,7-13H2,1-6H3. The Bertz CT molecular complexity index is 321. The summed E-state index contributed by atoms with van der Waals surface area (Å²) in [5, 5.41) is 0. The maximum absolute atomic E-state index is 6.35. The number of hydrogen-bond donors (Lipinski definition) is 0. The minimum absolute atomic E-state index is 0.0302. The molecule has 0 aromatic carbocycles. The number of nitrogens with zero attached hydrogens (tertiary/aromatic N) is 1. The maximum Gasteiger partial charge on any atom is 0.0607 e. The lowest BCUT2D eigenvalue weighted by atomic mass is 9.99. The van der Waals surface area contributed by atoms with Gasteiger partial charge >= 0.3 is 0 Å². The molecule has 1 aliphatic carbocycles. The molecule has 1 saturated carbocycles. The van der Waals surface area contributed by atoms with Crippen molar-refractivity contribution in [2.24, 2.45) is 0 Å². The van der Waals surface area contributed by atoms with Crippen molar-refractivity contribution in [2.45, 2.75) is 103 Å². The lowest BCUT2D eigenvalue weighted by molar-refractivity contribution is -0.0785. The van der Waals surface area contributed by atoms with E-state index >= 15 is 0 Å². The van der Waals surface area contributed by atoms with Crippen LogP contribution >= 0.6 is 0 Å². The van der Waals surface area contributed by atoms with Gasteiger partial charge in [-0.15, -0.1) is 0 Å². The van der Waals surface area contributed by atoms with Crippen LogP contribution in [0.2, 0.25) is 0 Å². The Morgan fingerprint density at radius 1 is 0.762 bits per heavy atom. The zero-order valence-corrected chi connectivity index (χ0v) is 14.9. The van der Waals surface area contributed by atoms with Gasteiger partial charge in [0.05, 0.1) is 23.9 Å². The zero-order valence-electron chi connectivity index (χ0n) is 14.9. The highest BCUT2D eigenvalue weighted by atomic mass is 16.5. The smallest absolute Gasteiger partial charge is 0.0607 e. The van der Waals surface area contributed by atoms with E-state index in [0.29, 0.717) is 23.9 Å². The van der Waals surface area contributed by atoms with Crippen molar-refractivity contribution < 1.29 is 9.47 Å². The third-order valence-electron chi connectivity index (χ3n) is 4.63. The first kappa shape index (κ1) is 17.2. The minimum Gasteiger partial charge on any atom is -0.375 e. The lowest BCUT2D eigenvalue weighted by Crippen LogP contribution is -2.48. The Morgan fingerprint density at radius 3 is 1.86 bits per heavy atom. The fraction of sp³-hybridized carbons (Fsp3) is 1.00. The van der Waals surface area contributed by atoms with Crippen LogP contribution in [-0.4, -0.2) is 47.4 Å². The van der Waals surface area contributed by atoms with Gasteiger partial charge in [-0.25, -0.2) is 0 Å². The van der Waals surface area contributed by atoms with E-state index in [1.165, 1.54) is 32.4 Å². The molecule has 1 heterocycles. The molecular weight excluding hydrogens is 262 g/mol. The molecule has 3 heteroatoms. The van der Waals surface area contributed by atoms with Crippen molar-refractivity contribution in [3.05, 3.63) is 0 Å². The van der Waals surface area contributed by atoms with Crippen LogP contribution in [0.4, 0.5) is 0 Å². The number of rotatable bonds is 3. The van der Waals surface area contributed by atoms with E-state index in [-0.39, 0.29) is 5.60 Å². The van der Waals surface area contributed by atoms with Gasteiger partial charge in [0.1, 0.15) is 0 Å². The van der Waals surface area contributed by atoms with Crippen LogP contribution in [0.15, 0.2) is 0 Å². The van der Waals surface area contributed by atoms with Crippen LogP contribution in [0.1, 0.15) is 73.6 Å². The molecule has 2 rings (SSSR count). The molecule has 0 N–H and O–H groups in total. The topological polar surface area (TPSA) is 21.7 Å². The van der Waals surface area contributed by atoms with Crippen LogP contribution in [0, 0.1) is 0 Å². The van der Waals surface area contributed by atoms with E-state index < -0.39 is 0 Å². The molecule has 2 aliphatic rings. The summed E-state index contributed by atoms with van der Waals surface area (Å²) < 4.78 is 12.4. The highest BCUT2D eigenvalue weighted by Gasteiger charge is 2.33. The second kappa shape index (κ2) is 6.55. The van der Waals surface area contributed by atoms with Gasteiger partial charge in [0.15, 0.2) is 0 Å². The summed E-state index contributed by atoms with van der Waals surface area (Å²) in [6.45, 7) is 15.7. The van der Waals surface area contributed by atoms with Gasteiger partial charge in [-0.3, -0.25) is 4.90 Å². The fourth-order valence-corrected chi connectivity index (χ4v) is 3.57. The highest BCUT2D eigenvalue weighted by molar-refractivity contribution is 4.84. The Balaban J connectivity index is 1.70. The number of hydrogen-bond acceptors (Lipinski definition) is 3. The van der Waals surface area contributed by atoms with Gasteiger partial charge in [-0.2, -0.15) is 0 Å². The van der Waals surface area contributed by atoms with Crippen LogP contribution in [0.5, 0.6) is 0 Å². The largest absolute Gasteiger partial charge is 0.375 e. The SMILES string of the molecule is CC(C)(C)OC1CCC(OC2CCN(C(C)(C)C)CC2)C1. The lowest BCUT2D eigenvalue weighted by Gasteiger charge is -2.41. The molecule has 0 amide bonds. The molecule has 2 atom stereocenters. The second-order valence-electron chi connectivity index (χ2n) is 8.78. The van der Waals surface area contributed by atoms with E-state index in [1.807, 2.05) is 0 Å². The molecular formula is C18H35NO2. The molecule has 0 aromatic rings. The quantitative estimate of drug-likeness (QED) is 0.786. The molecule has 0 radical (unpaired) electrons. The van der Waals surface area contributed by atoms with Gasteiger partial charge in [0, 0.05) is 18.6 Å². The van der Waals surface area contributed by atoms with Gasteiger partial charge in [0.25, 0.3) is 0 Å². The molecule has 0 spiro atoms. The van der Waals surface area contributed by atoms with Crippen molar-refractivity contribution in [2.75, 3.05) is 13.1 Å². The fourth-order valence-electron chi connectivity index (χ4n) is 3.57. The number of piperidine rings is 1. The summed E-state index contributed by atoms with van der Waals surface area (Å²) >= 11 is 0. The molecule has 1 saturated heterocycles. The first-order valence-corrected chi connectivity index (χ1v) is 8.72. The molecule has 3 nitrogen and oxygen atoms in total. The molecule has 0 aromatic heterocycles. The second-order valence-corrected chi connectivity index (χ2v) is 8.78. The van der Waals surface area contributed by atoms with E-state index in [1.54, 1.807) is 0 Å². The maximum atomic E-state index is 6.35. The highest BCUT2D eigenvalue weighted by Crippen LogP contribution is 2.31. The predicted octanol–water partition coefficient (Wildman–Crippen LogP) is 4.00. The molecule has 2 unspecified atom stereocenters. The van der Waals surface area contributed by atoms with Gasteiger partial charge < -0.3 is 9.47 Å². The average molecular weight is 297 g/mol. The van der Waals surface area contributed by atoms with Crippen LogP contribution in [0.3, 0.4) is 0 Å². The van der Waals surface area contributed by atoms with Crippen molar-refractivity contribution >= 4 is 0 Å². The molecule has 21 heavy (non-hydrogen) atoms. The van der Waals surface area contributed by atoms with Gasteiger partial charge in [-0.1, -0.05) is 0 Å².